The fourth-order valence-corrected chi connectivity index (χ4v) is 1.72. The van der Waals surface area contributed by atoms with Crippen LogP contribution in [0, 0.1) is 12.7 Å². The normalized spacial score (nSPS) is 9.94. The van der Waals surface area contributed by atoms with Crippen LogP contribution in [0.3, 0.4) is 0 Å². The molecule has 0 saturated carbocycles. The van der Waals surface area contributed by atoms with E-state index in [2.05, 4.69) is 5.10 Å². The number of aryl methyl sites for hydroxylation is 1. The van der Waals surface area contributed by atoms with E-state index < -0.39 is 5.82 Å². The molecule has 1 aromatic carbocycles. The van der Waals surface area contributed by atoms with Gasteiger partial charge in [-0.2, -0.15) is 9.78 Å². The number of aromatic nitrogens is 2. The molecular formula is C12H11FMnN2O2. The van der Waals surface area contributed by atoms with Crippen molar-refractivity contribution in [2.24, 2.45) is 0 Å². The van der Waals surface area contributed by atoms with E-state index in [1.807, 2.05) is 0 Å². The largest absolute Gasteiger partial charge is 0.493 e. The SMILES string of the molecule is CC(=O)c1c(C)nn(-c2ccccc2F)c1O.[Mn]. The van der Waals surface area contributed by atoms with Crippen LogP contribution < -0.4 is 0 Å². The van der Waals surface area contributed by atoms with Gasteiger partial charge in [0.15, 0.2) is 5.78 Å². The second kappa shape index (κ2) is 5.33. The number of para-hydroxylation sites is 1. The summed E-state index contributed by atoms with van der Waals surface area (Å²) in [5, 5.41) is 13.8. The smallest absolute Gasteiger partial charge is 0.225 e. The summed E-state index contributed by atoms with van der Waals surface area (Å²) >= 11 is 0. The monoisotopic (exact) mass is 289 g/mol. The zero-order valence-electron chi connectivity index (χ0n) is 9.82. The van der Waals surface area contributed by atoms with Crippen LogP contribution in [0.4, 0.5) is 4.39 Å². The maximum absolute atomic E-state index is 13.5. The summed E-state index contributed by atoms with van der Waals surface area (Å²) in [6, 6.07) is 5.91. The fraction of sp³-hybridized carbons (Fsp3) is 0.167. The van der Waals surface area contributed by atoms with Gasteiger partial charge in [0, 0.05) is 17.1 Å². The maximum Gasteiger partial charge on any atom is 0.225 e. The Morgan fingerprint density at radius 1 is 1.39 bits per heavy atom. The molecule has 0 amide bonds. The number of hydrogen-bond acceptors (Lipinski definition) is 3. The standard InChI is InChI=1S/C12H11FN2O2.Mn/c1-7-11(8(2)16)12(17)15(14-7)10-6-4-3-5-9(10)13;/h3-6,17H,1-2H3;. The van der Waals surface area contributed by atoms with Crippen LogP contribution in [0.2, 0.25) is 0 Å². The summed E-state index contributed by atoms with van der Waals surface area (Å²) in [6.07, 6.45) is 0. The molecule has 0 bridgehead atoms. The number of halogens is 1. The van der Waals surface area contributed by atoms with Crippen LogP contribution in [-0.4, -0.2) is 20.7 Å². The van der Waals surface area contributed by atoms with Gasteiger partial charge in [-0.1, -0.05) is 12.1 Å². The third-order valence-electron chi connectivity index (χ3n) is 2.47. The van der Waals surface area contributed by atoms with Gasteiger partial charge >= 0.3 is 0 Å². The first kappa shape index (κ1) is 14.4. The molecule has 1 N–H and O–H groups in total. The minimum atomic E-state index is -0.514. The van der Waals surface area contributed by atoms with E-state index in [0.717, 1.165) is 4.68 Å². The van der Waals surface area contributed by atoms with E-state index in [4.69, 9.17) is 0 Å². The van der Waals surface area contributed by atoms with E-state index in [1.54, 1.807) is 13.0 Å². The average Bonchev–Trinajstić information content (AvgIpc) is 2.55. The molecule has 2 rings (SSSR count). The van der Waals surface area contributed by atoms with Crippen molar-refractivity contribution < 1.29 is 31.4 Å². The summed E-state index contributed by atoms with van der Waals surface area (Å²) in [5.74, 6) is -1.15. The number of benzene rings is 1. The van der Waals surface area contributed by atoms with Crippen molar-refractivity contribution in [2.45, 2.75) is 13.8 Å². The van der Waals surface area contributed by atoms with Crippen molar-refractivity contribution in [1.29, 1.82) is 0 Å². The first-order chi connectivity index (χ1) is 8.02. The molecule has 0 aliphatic carbocycles. The quantitative estimate of drug-likeness (QED) is 0.681. The predicted molar refractivity (Wildman–Crippen MR) is 59.9 cm³/mol. The van der Waals surface area contributed by atoms with Crippen LogP contribution >= 0.6 is 0 Å². The molecule has 18 heavy (non-hydrogen) atoms. The first-order valence-electron chi connectivity index (χ1n) is 5.06. The third kappa shape index (κ3) is 2.30. The molecule has 0 aliphatic rings. The van der Waals surface area contributed by atoms with Gasteiger partial charge < -0.3 is 5.11 Å². The Kier molecular flexibility index (Phi) is 4.27. The Bertz CT molecular complexity index is 596. The van der Waals surface area contributed by atoms with Crippen molar-refractivity contribution in [3.63, 3.8) is 0 Å². The average molecular weight is 289 g/mol. The van der Waals surface area contributed by atoms with Crippen molar-refractivity contribution in [2.75, 3.05) is 0 Å². The molecule has 2 aromatic rings. The Balaban J connectivity index is 0.00000162. The van der Waals surface area contributed by atoms with E-state index in [9.17, 15) is 14.3 Å². The van der Waals surface area contributed by atoms with Gasteiger partial charge in [-0.05, 0) is 26.0 Å². The van der Waals surface area contributed by atoms with E-state index in [0.29, 0.717) is 5.69 Å². The van der Waals surface area contributed by atoms with Crippen LogP contribution in [0.25, 0.3) is 5.69 Å². The molecule has 0 spiro atoms. The number of nitrogens with zero attached hydrogens (tertiary/aromatic N) is 2. The van der Waals surface area contributed by atoms with E-state index >= 15 is 0 Å². The number of carbonyl (C=O) groups is 1. The topological polar surface area (TPSA) is 55.1 Å². The molecule has 0 unspecified atom stereocenters. The minimum absolute atomic E-state index is 0. The summed E-state index contributed by atoms with van der Waals surface area (Å²) < 4.78 is 14.6. The van der Waals surface area contributed by atoms with Crippen LogP contribution in [-0.2, 0) is 17.1 Å². The molecular weight excluding hydrogens is 278 g/mol. The van der Waals surface area contributed by atoms with Gasteiger partial charge in [-0.25, -0.2) is 4.39 Å². The van der Waals surface area contributed by atoms with Gasteiger partial charge in [-0.3, -0.25) is 4.79 Å². The molecule has 4 nitrogen and oxygen atoms in total. The number of hydrogen-bond donors (Lipinski definition) is 1. The molecule has 1 aromatic heterocycles. The van der Waals surface area contributed by atoms with Gasteiger partial charge in [0.1, 0.15) is 17.1 Å². The van der Waals surface area contributed by atoms with Crippen LogP contribution in [0.1, 0.15) is 23.0 Å². The summed E-state index contributed by atoms with van der Waals surface area (Å²) in [4.78, 5) is 11.3. The molecule has 6 heteroatoms. The van der Waals surface area contributed by atoms with Crippen LogP contribution in [0.15, 0.2) is 24.3 Å². The Labute approximate surface area is 114 Å². The van der Waals surface area contributed by atoms with Gasteiger partial charge in [-0.15, -0.1) is 0 Å². The zero-order chi connectivity index (χ0) is 12.6. The fourth-order valence-electron chi connectivity index (χ4n) is 1.72. The maximum atomic E-state index is 13.5. The van der Waals surface area contributed by atoms with E-state index in [-0.39, 0.29) is 40.0 Å². The van der Waals surface area contributed by atoms with Crippen molar-refractivity contribution in [3.05, 3.63) is 41.3 Å². The number of carbonyl (C=O) groups excluding carboxylic acids is 1. The number of aromatic hydroxyl groups is 1. The van der Waals surface area contributed by atoms with Crippen molar-refractivity contribution in [3.8, 4) is 11.6 Å². The molecule has 95 valence electrons. The first-order valence-corrected chi connectivity index (χ1v) is 5.06. The second-order valence-corrected chi connectivity index (χ2v) is 3.70. The summed E-state index contributed by atoms with van der Waals surface area (Å²) in [7, 11) is 0. The molecule has 0 fully saturated rings. The van der Waals surface area contributed by atoms with Crippen molar-refractivity contribution >= 4 is 5.78 Å². The molecule has 0 atom stereocenters. The molecule has 1 radical (unpaired) electrons. The molecule has 1 heterocycles. The van der Waals surface area contributed by atoms with Gasteiger partial charge in [0.2, 0.25) is 5.88 Å². The zero-order valence-corrected chi connectivity index (χ0v) is 11.0. The van der Waals surface area contributed by atoms with Gasteiger partial charge in [0.25, 0.3) is 0 Å². The molecule has 0 aliphatic heterocycles. The second-order valence-electron chi connectivity index (χ2n) is 3.70. The molecule has 0 saturated heterocycles. The van der Waals surface area contributed by atoms with Crippen LogP contribution in [0.5, 0.6) is 5.88 Å². The Morgan fingerprint density at radius 2 is 2.00 bits per heavy atom. The summed E-state index contributed by atoms with van der Waals surface area (Å²) in [6.45, 7) is 2.92. The van der Waals surface area contributed by atoms with Crippen molar-refractivity contribution in [1.82, 2.24) is 9.78 Å². The number of rotatable bonds is 2. The summed E-state index contributed by atoms with van der Waals surface area (Å²) in [5.41, 5.74) is 0.604. The number of Topliss-reactive ketones (excluding diaryl/α,β-unsaturated/α-hetero) is 1. The van der Waals surface area contributed by atoms with Gasteiger partial charge in [0.05, 0.1) is 5.69 Å². The Hall–Kier alpha value is -1.65. The Morgan fingerprint density at radius 3 is 2.50 bits per heavy atom. The number of ketones is 1. The third-order valence-corrected chi connectivity index (χ3v) is 2.47. The van der Waals surface area contributed by atoms with E-state index in [1.165, 1.54) is 25.1 Å². The predicted octanol–water partition coefficient (Wildman–Crippen LogP) is 2.23. The minimum Gasteiger partial charge on any atom is -0.493 e.